The Morgan fingerprint density at radius 2 is 1.87 bits per heavy atom. The molecule has 0 aliphatic rings. The number of rotatable bonds is 6. The monoisotopic (exact) mass is 334 g/mol. The molecule has 0 atom stereocenters. The zero-order valence-corrected chi connectivity index (χ0v) is 13.9. The molecular formula is C15H18N4O3S. The Bertz CT molecular complexity index is 802. The molecule has 1 aromatic heterocycles. The number of pyridine rings is 1. The van der Waals surface area contributed by atoms with Crippen LogP contribution in [-0.2, 0) is 10.2 Å². The zero-order chi connectivity index (χ0) is 17.0. The Morgan fingerprint density at radius 3 is 2.43 bits per heavy atom. The summed E-state index contributed by atoms with van der Waals surface area (Å²) in [6.07, 6.45) is 1.41. The smallest absolute Gasteiger partial charge is 0.301 e. The highest BCUT2D eigenvalue weighted by Crippen LogP contribution is 2.18. The van der Waals surface area contributed by atoms with Crippen molar-refractivity contribution in [3.63, 3.8) is 0 Å². The molecular weight excluding hydrogens is 316 g/mol. The van der Waals surface area contributed by atoms with E-state index in [4.69, 9.17) is 0 Å². The van der Waals surface area contributed by atoms with Crippen molar-refractivity contribution in [2.24, 2.45) is 0 Å². The van der Waals surface area contributed by atoms with Gasteiger partial charge in [0.05, 0.1) is 11.9 Å². The lowest BCUT2D eigenvalue weighted by molar-refractivity contribution is 0.101. The van der Waals surface area contributed by atoms with Gasteiger partial charge in [-0.25, -0.2) is 4.98 Å². The van der Waals surface area contributed by atoms with E-state index in [1.807, 2.05) is 6.07 Å². The summed E-state index contributed by atoms with van der Waals surface area (Å²) in [7, 11) is -0.676. The summed E-state index contributed by atoms with van der Waals surface area (Å²) >= 11 is 0. The molecule has 122 valence electrons. The van der Waals surface area contributed by atoms with Gasteiger partial charge in [0.2, 0.25) is 0 Å². The number of aromatic nitrogens is 1. The summed E-state index contributed by atoms with van der Waals surface area (Å²) in [6, 6.07) is 10.3. The lowest BCUT2D eigenvalue weighted by atomic mass is 10.1. The number of benzene rings is 1. The van der Waals surface area contributed by atoms with Crippen molar-refractivity contribution < 1.29 is 13.2 Å². The van der Waals surface area contributed by atoms with Crippen LogP contribution < -0.4 is 10.0 Å². The van der Waals surface area contributed by atoms with Gasteiger partial charge in [0.15, 0.2) is 5.78 Å². The maximum absolute atomic E-state index is 11.7. The molecule has 2 aromatic rings. The number of hydrogen-bond donors (Lipinski definition) is 2. The maximum atomic E-state index is 11.7. The van der Waals surface area contributed by atoms with E-state index in [0.717, 1.165) is 9.99 Å². The largest absolute Gasteiger partial charge is 0.340 e. The van der Waals surface area contributed by atoms with Gasteiger partial charge in [0.25, 0.3) is 0 Å². The number of anilines is 3. The Labute approximate surface area is 135 Å². The van der Waals surface area contributed by atoms with Gasteiger partial charge in [-0.15, -0.1) is 0 Å². The molecule has 7 nitrogen and oxygen atoms in total. The van der Waals surface area contributed by atoms with Crippen LogP contribution in [0.5, 0.6) is 0 Å². The minimum absolute atomic E-state index is 0.0185. The van der Waals surface area contributed by atoms with Gasteiger partial charge in [-0.2, -0.15) is 12.7 Å². The third kappa shape index (κ3) is 4.51. The van der Waals surface area contributed by atoms with E-state index in [2.05, 4.69) is 15.0 Å². The van der Waals surface area contributed by atoms with Crippen LogP contribution in [0.25, 0.3) is 0 Å². The van der Waals surface area contributed by atoms with Crippen LogP contribution in [0.4, 0.5) is 17.2 Å². The first-order valence-corrected chi connectivity index (χ1v) is 8.26. The number of carbonyl (C=O) groups excluding carboxylic acids is 1. The maximum Gasteiger partial charge on any atom is 0.301 e. The summed E-state index contributed by atoms with van der Waals surface area (Å²) in [5, 5.41) is 3.06. The summed E-state index contributed by atoms with van der Waals surface area (Å²) in [4.78, 5) is 15.5. The van der Waals surface area contributed by atoms with E-state index in [0.29, 0.717) is 17.1 Å². The van der Waals surface area contributed by atoms with Crippen LogP contribution >= 0.6 is 0 Å². The van der Waals surface area contributed by atoms with E-state index in [1.54, 1.807) is 30.3 Å². The summed E-state index contributed by atoms with van der Waals surface area (Å²) in [5.74, 6) is 0.522. The molecule has 2 rings (SSSR count). The molecule has 0 saturated carbocycles. The van der Waals surface area contributed by atoms with Crippen LogP contribution in [0.3, 0.4) is 0 Å². The van der Waals surface area contributed by atoms with Crippen molar-refractivity contribution in [3.05, 3.63) is 48.2 Å². The number of hydrogen-bond acceptors (Lipinski definition) is 5. The molecule has 2 N–H and O–H groups in total. The van der Waals surface area contributed by atoms with E-state index < -0.39 is 10.2 Å². The third-order valence-corrected chi connectivity index (χ3v) is 4.49. The van der Waals surface area contributed by atoms with Crippen molar-refractivity contribution in [2.45, 2.75) is 6.92 Å². The van der Waals surface area contributed by atoms with Crippen molar-refractivity contribution in [3.8, 4) is 0 Å². The highest BCUT2D eigenvalue weighted by Gasteiger charge is 2.12. The van der Waals surface area contributed by atoms with Gasteiger partial charge in [-0.3, -0.25) is 9.52 Å². The van der Waals surface area contributed by atoms with Crippen LogP contribution in [0, 0.1) is 0 Å². The third-order valence-electron chi connectivity index (χ3n) is 3.03. The minimum Gasteiger partial charge on any atom is -0.340 e. The second-order valence-corrected chi connectivity index (χ2v) is 6.97. The molecule has 1 heterocycles. The highest BCUT2D eigenvalue weighted by molar-refractivity contribution is 7.90. The standard InChI is InChI=1S/C15H18N4O3S/c1-11(20)12-5-4-6-13(9-12)17-15-8-7-14(10-16-15)18-23(21,22)19(2)3/h4-10,18H,1-3H3,(H,16,17). The molecule has 1 aromatic carbocycles. The summed E-state index contributed by atoms with van der Waals surface area (Å²) < 4.78 is 26.9. The molecule has 0 spiro atoms. The average Bonchev–Trinajstić information content (AvgIpc) is 2.49. The van der Waals surface area contributed by atoms with Crippen molar-refractivity contribution in [2.75, 3.05) is 24.1 Å². The van der Waals surface area contributed by atoms with Crippen molar-refractivity contribution in [1.29, 1.82) is 0 Å². The van der Waals surface area contributed by atoms with E-state index in [9.17, 15) is 13.2 Å². The molecule has 0 saturated heterocycles. The molecule has 0 aliphatic heterocycles. The average molecular weight is 334 g/mol. The van der Waals surface area contributed by atoms with Crippen LogP contribution in [0.1, 0.15) is 17.3 Å². The number of Topliss-reactive ketones (excluding diaryl/α,β-unsaturated/α-hetero) is 1. The first-order chi connectivity index (χ1) is 10.8. The van der Waals surface area contributed by atoms with Gasteiger partial charge in [0, 0.05) is 25.3 Å². The van der Waals surface area contributed by atoms with Gasteiger partial charge < -0.3 is 5.32 Å². The van der Waals surface area contributed by atoms with E-state index in [1.165, 1.54) is 27.2 Å². The SMILES string of the molecule is CC(=O)c1cccc(Nc2ccc(NS(=O)(=O)N(C)C)cn2)c1. The first-order valence-electron chi connectivity index (χ1n) is 6.82. The molecule has 0 amide bonds. The van der Waals surface area contributed by atoms with Gasteiger partial charge in [-0.1, -0.05) is 12.1 Å². The molecule has 8 heteroatoms. The predicted molar refractivity (Wildman–Crippen MR) is 90.2 cm³/mol. The minimum atomic E-state index is -3.55. The summed E-state index contributed by atoms with van der Waals surface area (Å²) in [5.41, 5.74) is 1.69. The topological polar surface area (TPSA) is 91.4 Å². The lowest BCUT2D eigenvalue weighted by Gasteiger charge is -2.13. The second kappa shape index (κ2) is 6.76. The number of carbonyl (C=O) groups is 1. The van der Waals surface area contributed by atoms with Crippen LogP contribution in [-0.4, -0.2) is 37.6 Å². The van der Waals surface area contributed by atoms with Gasteiger partial charge in [-0.05, 0) is 31.2 Å². The number of nitrogens with one attached hydrogen (secondary N) is 2. The van der Waals surface area contributed by atoms with E-state index in [-0.39, 0.29) is 5.78 Å². The molecule has 23 heavy (non-hydrogen) atoms. The fraction of sp³-hybridized carbons (Fsp3) is 0.200. The fourth-order valence-electron chi connectivity index (χ4n) is 1.73. The predicted octanol–water partition coefficient (Wildman–Crippen LogP) is 2.25. The quantitative estimate of drug-likeness (QED) is 0.791. The Morgan fingerprint density at radius 1 is 1.13 bits per heavy atom. The Hall–Kier alpha value is -2.45. The number of ketones is 1. The number of nitrogens with zero attached hydrogens (tertiary/aromatic N) is 2. The normalized spacial score (nSPS) is 11.3. The molecule has 0 radical (unpaired) electrons. The fourth-order valence-corrected chi connectivity index (χ4v) is 2.33. The molecule has 0 bridgehead atoms. The molecule has 0 fully saturated rings. The highest BCUT2D eigenvalue weighted by atomic mass is 32.2. The summed E-state index contributed by atoms with van der Waals surface area (Å²) in [6.45, 7) is 1.50. The Kier molecular flexibility index (Phi) is 4.97. The van der Waals surface area contributed by atoms with Crippen LogP contribution in [0.15, 0.2) is 42.6 Å². The second-order valence-electron chi connectivity index (χ2n) is 5.08. The lowest BCUT2D eigenvalue weighted by Crippen LogP contribution is -2.28. The van der Waals surface area contributed by atoms with Gasteiger partial charge in [0.1, 0.15) is 5.82 Å². The van der Waals surface area contributed by atoms with Crippen molar-refractivity contribution >= 4 is 33.2 Å². The van der Waals surface area contributed by atoms with E-state index >= 15 is 0 Å². The first kappa shape index (κ1) is 16.9. The zero-order valence-electron chi connectivity index (χ0n) is 13.1. The Balaban J connectivity index is 2.11. The van der Waals surface area contributed by atoms with Crippen LogP contribution in [0.2, 0.25) is 0 Å². The van der Waals surface area contributed by atoms with Gasteiger partial charge >= 0.3 is 10.2 Å². The van der Waals surface area contributed by atoms with Crippen molar-refractivity contribution in [1.82, 2.24) is 9.29 Å². The molecule has 0 unspecified atom stereocenters. The molecule has 0 aliphatic carbocycles.